The summed E-state index contributed by atoms with van der Waals surface area (Å²) in [5, 5.41) is 0. The fourth-order valence-electron chi connectivity index (χ4n) is 3.58. The van der Waals surface area contributed by atoms with E-state index in [0.717, 1.165) is 23.5 Å². The van der Waals surface area contributed by atoms with E-state index in [4.69, 9.17) is 0 Å². The quantitative estimate of drug-likeness (QED) is 0.651. The molecule has 0 radical (unpaired) electrons. The second kappa shape index (κ2) is 5.59. The summed E-state index contributed by atoms with van der Waals surface area (Å²) >= 11 is 0. The van der Waals surface area contributed by atoms with E-state index in [1.165, 1.54) is 10.5 Å². The standard InChI is InChI=1S/C19H16F3N3O/c1-11-9-13-5-3-4-6-15(13)25(11)18(26)17-12(2)23-16-8-7-14(10-24(16)17)19(20,21)22/h3-8,10-11H,9H2,1-2H3. The van der Waals surface area contributed by atoms with Gasteiger partial charge >= 0.3 is 6.18 Å². The highest BCUT2D eigenvalue weighted by atomic mass is 19.4. The second-order valence-corrected chi connectivity index (χ2v) is 6.55. The van der Waals surface area contributed by atoms with Gasteiger partial charge < -0.3 is 4.90 Å². The van der Waals surface area contributed by atoms with Crippen LogP contribution in [0.3, 0.4) is 0 Å². The zero-order chi connectivity index (χ0) is 18.6. The van der Waals surface area contributed by atoms with E-state index in [1.807, 2.05) is 31.2 Å². The van der Waals surface area contributed by atoms with Gasteiger partial charge in [0.25, 0.3) is 5.91 Å². The number of pyridine rings is 1. The summed E-state index contributed by atoms with van der Waals surface area (Å²) in [5.41, 5.74) is 1.92. The lowest BCUT2D eigenvalue weighted by molar-refractivity contribution is -0.137. The van der Waals surface area contributed by atoms with Crippen molar-refractivity contribution in [2.45, 2.75) is 32.5 Å². The summed E-state index contributed by atoms with van der Waals surface area (Å²) in [6, 6.07) is 9.77. The van der Waals surface area contributed by atoms with Crippen molar-refractivity contribution in [2.24, 2.45) is 0 Å². The predicted molar refractivity (Wildman–Crippen MR) is 91.3 cm³/mol. The predicted octanol–water partition coefficient (Wildman–Crippen LogP) is 4.25. The molecule has 1 aliphatic heterocycles. The Morgan fingerprint density at radius 1 is 1.19 bits per heavy atom. The van der Waals surface area contributed by atoms with Gasteiger partial charge in [0.2, 0.25) is 0 Å². The largest absolute Gasteiger partial charge is 0.417 e. The van der Waals surface area contributed by atoms with E-state index < -0.39 is 11.7 Å². The van der Waals surface area contributed by atoms with E-state index in [1.54, 1.807) is 11.8 Å². The summed E-state index contributed by atoms with van der Waals surface area (Å²) in [6.07, 6.45) is -2.83. The number of nitrogens with zero attached hydrogens (tertiary/aromatic N) is 3. The first-order valence-corrected chi connectivity index (χ1v) is 8.24. The second-order valence-electron chi connectivity index (χ2n) is 6.55. The Morgan fingerprint density at radius 2 is 1.92 bits per heavy atom. The summed E-state index contributed by atoms with van der Waals surface area (Å²) in [6.45, 7) is 3.57. The minimum absolute atomic E-state index is 0.0735. The molecule has 1 aromatic carbocycles. The van der Waals surface area contributed by atoms with Crippen LogP contribution in [0.25, 0.3) is 5.65 Å². The lowest BCUT2D eigenvalue weighted by Gasteiger charge is -2.23. The van der Waals surface area contributed by atoms with Crippen molar-refractivity contribution in [3.05, 3.63) is 65.1 Å². The molecule has 0 aliphatic carbocycles. The van der Waals surface area contributed by atoms with Crippen LogP contribution >= 0.6 is 0 Å². The molecule has 1 aliphatic rings. The molecule has 26 heavy (non-hydrogen) atoms. The van der Waals surface area contributed by atoms with Crippen molar-refractivity contribution in [1.82, 2.24) is 9.38 Å². The zero-order valence-corrected chi connectivity index (χ0v) is 14.2. The van der Waals surface area contributed by atoms with Crippen molar-refractivity contribution in [1.29, 1.82) is 0 Å². The fourth-order valence-corrected chi connectivity index (χ4v) is 3.58. The molecular formula is C19H16F3N3O. The molecule has 1 unspecified atom stereocenters. The van der Waals surface area contributed by atoms with Crippen LogP contribution in [0.15, 0.2) is 42.6 Å². The molecule has 7 heteroatoms. The Hall–Kier alpha value is -2.83. The molecule has 2 aromatic heterocycles. The van der Waals surface area contributed by atoms with Gasteiger partial charge in [-0.1, -0.05) is 18.2 Å². The Balaban J connectivity index is 1.86. The van der Waals surface area contributed by atoms with Gasteiger partial charge in [0.1, 0.15) is 11.3 Å². The number of imidazole rings is 1. The van der Waals surface area contributed by atoms with E-state index >= 15 is 0 Å². The molecule has 0 bridgehead atoms. The number of hydrogen-bond donors (Lipinski definition) is 0. The number of carbonyl (C=O) groups excluding carboxylic acids is 1. The number of para-hydroxylation sites is 1. The number of fused-ring (bicyclic) bond motifs is 2. The van der Waals surface area contributed by atoms with Gasteiger partial charge in [0, 0.05) is 17.9 Å². The van der Waals surface area contributed by atoms with Crippen LogP contribution in [-0.4, -0.2) is 21.3 Å². The van der Waals surface area contributed by atoms with Gasteiger partial charge in [0.15, 0.2) is 0 Å². The number of halogens is 3. The monoisotopic (exact) mass is 359 g/mol. The molecule has 134 valence electrons. The first-order valence-electron chi connectivity index (χ1n) is 8.24. The molecule has 1 atom stereocenters. The van der Waals surface area contributed by atoms with E-state index in [9.17, 15) is 18.0 Å². The average Bonchev–Trinajstić information content (AvgIpc) is 3.07. The third-order valence-electron chi connectivity index (χ3n) is 4.75. The lowest BCUT2D eigenvalue weighted by atomic mass is 10.1. The van der Waals surface area contributed by atoms with Crippen LogP contribution < -0.4 is 4.90 Å². The Kier molecular flexibility index (Phi) is 3.57. The molecule has 0 N–H and O–H groups in total. The average molecular weight is 359 g/mol. The van der Waals surface area contributed by atoms with Gasteiger partial charge in [-0.15, -0.1) is 0 Å². The van der Waals surface area contributed by atoms with Gasteiger partial charge in [0.05, 0.1) is 11.3 Å². The van der Waals surface area contributed by atoms with Gasteiger partial charge in [-0.3, -0.25) is 9.20 Å². The topological polar surface area (TPSA) is 37.6 Å². The number of alkyl halides is 3. The Bertz CT molecular complexity index is 1020. The summed E-state index contributed by atoms with van der Waals surface area (Å²) < 4.78 is 40.5. The molecule has 0 saturated heterocycles. The third-order valence-corrected chi connectivity index (χ3v) is 4.75. The van der Waals surface area contributed by atoms with Crippen LogP contribution in [0.4, 0.5) is 18.9 Å². The van der Waals surface area contributed by atoms with Crippen LogP contribution in [0.5, 0.6) is 0 Å². The molecule has 0 spiro atoms. The van der Waals surface area contributed by atoms with Crippen molar-refractivity contribution < 1.29 is 18.0 Å². The number of benzene rings is 1. The first kappa shape index (κ1) is 16.6. The number of anilines is 1. The van der Waals surface area contributed by atoms with Gasteiger partial charge in [-0.05, 0) is 44.0 Å². The molecular weight excluding hydrogens is 343 g/mol. The highest BCUT2D eigenvalue weighted by molar-refractivity contribution is 6.07. The van der Waals surface area contributed by atoms with Crippen molar-refractivity contribution >= 4 is 17.2 Å². The minimum atomic E-state index is -4.49. The maximum absolute atomic E-state index is 13.3. The molecule has 3 heterocycles. The van der Waals surface area contributed by atoms with Crippen LogP contribution in [0.1, 0.15) is 34.2 Å². The molecule has 4 nitrogen and oxygen atoms in total. The summed E-state index contributed by atoms with van der Waals surface area (Å²) in [5.74, 6) is -0.341. The third kappa shape index (κ3) is 2.46. The normalized spacial score (nSPS) is 17.0. The molecule has 0 fully saturated rings. The van der Waals surface area contributed by atoms with Crippen LogP contribution in [-0.2, 0) is 12.6 Å². The Labute approximate surface area is 147 Å². The fraction of sp³-hybridized carbons (Fsp3) is 0.263. The van der Waals surface area contributed by atoms with Crippen molar-refractivity contribution in [3.63, 3.8) is 0 Å². The Morgan fingerprint density at radius 3 is 2.65 bits per heavy atom. The summed E-state index contributed by atoms with van der Waals surface area (Å²) in [7, 11) is 0. The smallest absolute Gasteiger partial charge is 0.304 e. The van der Waals surface area contributed by atoms with Crippen molar-refractivity contribution in [3.8, 4) is 0 Å². The van der Waals surface area contributed by atoms with Gasteiger partial charge in [-0.2, -0.15) is 13.2 Å². The van der Waals surface area contributed by atoms with Crippen molar-refractivity contribution in [2.75, 3.05) is 4.90 Å². The van der Waals surface area contributed by atoms with Crippen LogP contribution in [0, 0.1) is 6.92 Å². The number of hydrogen-bond acceptors (Lipinski definition) is 2. The zero-order valence-electron chi connectivity index (χ0n) is 14.2. The first-order chi connectivity index (χ1) is 12.3. The highest BCUT2D eigenvalue weighted by Crippen LogP contribution is 2.34. The molecule has 1 amide bonds. The number of rotatable bonds is 1. The highest BCUT2D eigenvalue weighted by Gasteiger charge is 2.35. The minimum Gasteiger partial charge on any atom is -0.304 e. The number of carbonyl (C=O) groups is 1. The molecule has 0 saturated carbocycles. The number of aromatic nitrogens is 2. The van der Waals surface area contributed by atoms with Gasteiger partial charge in [-0.25, -0.2) is 4.98 Å². The SMILES string of the molecule is Cc1nc2ccc(C(F)(F)F)cn2c1C(=O)N1c2ccccc2CC1C. The number of amides is 1. The summed E-state index contributed by atoms with van der Waals surface area (Å²) in [4.78, 5) is 19.2. The maximum atomic E-state index is 13.3. The molecule has 4 rings (SSSR count). The van der Waals surface area contributed by atoms with E-state index in [0.29, 0.717) is 17.8 Å². The van der Waals surface area contributed by atoms with E-state index in [-0.39, 0.29) is 17.6 Å². The molecule has 3 aromatic rings. The lowest BCUT2D eigenvalue weighted by Crippen LogP contribution is -2.36. The van der Waals surface area contributed by atoms with Crippen LogP contribution in [0.2, 0.25) is 0 Å². The number of aryl methyl sites for hydroxylation is 1. The van der Waals surface area contributed by atoms with E-state index in [2.05, 4.69) is 4.98 Å². The maximum Gasteiger partial charge on any atom is 0.417 e.